The van der Waals surface area contributed by atoms with Gasteiger partial charge in [-0.25, -0.2) is 0 Å². The molecule has 0 bridgehead atoms. The molecular weight excluding hydrogens is 312 g/mol. The second kappa shape index (κ2) is 7.11. The Morgan fingerprint density at radius 2 is 1.64 bits per heavy atom. The highest BCUT2D eigenvalue weighted by Crippen LogP contribution is 2.26. The normalized spacial score (nSPS) is 17.4. The lowest BCUT2D eigenvalue weighted by Crippen LogP contribution is -2.48. The van der Waals surface area contributed by atoms with E-state index in [-0.39, 0.29) is 5.78 Å². The van der Waals surface area contributed by atoms with Crippen LogP contribution < -0.4 is 9.64 Å². The lowest BCUT2D eigenvalue weighted by Gasteiger charge is -2.36. The second-order valence-corrected chi connectivity index (χ2v) is 6.52. The molecule has 25 heavy (non-hydrogen) atoms. The van der Waals surface area contributed by atoms with Crippen LogP contribution in [0, 0.1) is 0 Å². The first-order chi connectivity index (χ1) is 12.3. The summed E-state index contributed by atoms with van der Waals surface area (Å²) in [5.74, 6) is 1.03. The van der Waals surface area contributed by atoms with Crippen LogP contribution in [0.25, 0.3) is 6.08 Å². The molecule has 4 rings (SSSR count). The molecule has 1 fully saturated rings. The van der Waals surface area contributed by atoms with E-state index in [0.29, 0.717) is 13.2 Å². The number of hydrogen-bond acceptors (Lipinski definition) is 4. The molecule has 2 aliphatic rings. The number of rotatable bonds is 4. The van der Waals surface area contributed by atoms with Gasteiger partial charge in [0.1, 0.15) is 12.4 Å². The van der Waals surface area contributed by atoms with E-state index < -0.39 is 0 Å². The first kappa shape index (κ1) is 15.9. The van der Waals surface area contributed by atoms with Crippen molar-refractivity contribution in [1.29, 1.82) is 0 Å². The van der Waals surface area contributed by atoms with Gasteiger partial charge in [0, 0.05) is 43.0 Å². The van der Waals surface area contributed by atoms with Gasteiger partial charge >= 0.3 is 0 Å². The maximum Gasteiger partial charge on any atom is 0.176 e. The smallest absolute Gasteiger partial charge is 0.176 e. The Morgan fingerprint density at radius 3 is 2.44 bits per heavy atom. The number of ether oxygens (including phenoxy) is 1. The standard InChI is InChI=1S/C21H22N2O2/c24-20(18-14-17-6-4-5-9-21(17)25-16-18)15-22-10-12-23(13-11-22)19-7-2-1-3-8-19/h1-9,14H,10-13,15-16H2. The summed E-state index contributed by atoms with van der Waals surface area (Å²) in [4.78, 5) is 17.2. The molecule has 0 aliphatic carbocycles. The van der Waals surface area contributed by atoms with Crippen LogP contribution in [0.3, 0.4) is 0 Å². The predicted molar refractivity (Wildman–Crippen MR) is 100 cm³/mol. The van der Waals surface area contributed by atoms with Crippen LogP contribution in [0.4, 0.5) is 5.69 Å². The van der Waals surface area contributed by atoms with E-state index in [2.05, 4.69) is 34.1 Å². The summed E-state index contributed by atoms with van der Waals surface area (Å²) in [6.45, 7) is 4.57. The number of ketones is 1. The summed E-state index contributed by atoms with van der Waals surface area (Å²) in [5, 5.41) is 0. The molecule has 0 N–H and O–H groups in total. The van der Waals surface area contributed by atoms with E-state index in [1.54, 1.807) is 0 Å². The van der Waals surface area contributed by atoms with Gasteiger partial charge in [-0.1, -0.05) is 36.4 Å². The number of nitrogens with zero attached hydrogens (tertiary/aromatic N) is 2. The summed E-state index contributed by atoms with van der Waals surface area (Å²) in [5.41, 5.74) is 3.02. The van der Waals surface area contributed by atoms with Gasteiger partial charge in [-0.2, -0.15) is 0 Å². The minimum atomic E-state index is 0.169. The van der Waals surface area contributed by atoms with E-state index >= 15 is 0 Å². The van der Waals surface area contributed by atoms with Crippen LogP contribution in [-0.2, 0) is 4.79 Å². The van der Waals surface area contributed by atoms with Crippen molar-refractivity contribution in [1.82, 2.24) is 4.90 Å². The molecule has 0 amide bonds. The third-order valence-corrected chi connectivity index (χ3v) is 4.85. The zero-order valence-electron chi connectivity index (χ0n) is 14.2. The molecule has 0 aromatic heterocycles. The van der Waals surface area contributed by atoms with Gasteiger partial charge < -0.3 is 9.64 Å². The van der Waals surface area contributed by atoms with Crippen molar-refractivity contribution >= 4 is 17.5 Å². The minimum absolute atomic E-state index is 0.169. The number of carbonyl (C=O) groups excluding carboxylic acids is 1. The van der Waals surface area contributed by atoms with Gasteiger partial charge in [0.15, 0.2) is 5.78 Å². The monoisotopic (exact) mass is 334 g/mol. The number of hydrogen-bond donors (Lipinski definition) is 0. The van der Waals surface area contributed by atoms with Crippen molar-refractivity contribution in [3.63, 3.8) is 0 Å². The van der Waals surface area contributed by atoms with Crippen LogP contribution in [-0.4, -0.2) is 50.0 Å². The molecule has 2 aromatic rings. The molecule has 1 saturated heterocycles. The fraction of sp³-hybridized carbons (Fsp3) is 0.286. The topological polar surface area (TPSA) is 32.8 Å². The van der Waals surface area contributed by atoms with Crippen molar-refractivity contribution < 1.29 is 9.53 Å². The number of benzene rings is 2. The Kier molecular flexibility index (Phi) is 4.53. The van der Waals surface area contributed by atoms with Gasteiger partial charge in [-0.05, 0) is 24.3 Å². The number of piperazine rings is 1. The van der Waals surface area contributed by atoms with Crippen LogP contribution in [0.15, 0.2) is 60.2 Å². The molecule has 0 spiro atoms. The van der Waals surface area contributed by atoms with Crippen LogP contribution in [0.5, 0.6) is 5.75 Å². The highest BCUT2D eigenvalue weighted by molar-refractivity contribution is 6.02. The van der Waals surface area contributed by atoms with Gasteiger partial charge in [0.05, 0.1) is 6.54 Å². The maximum absolute atomic E-state index is 12.6. The van der Waals surface area contributed by atoms with Crippen LogP contribution in [0.2, 0.25) is 0 Å². The lowest BCUT2D eigenvalue weighted by molar-refractivity contribution is -0.117. The zero-order chi connectivity index (χ0) is 17.1. The summed E-state index contributed by atoms with van der Waals surface area (Å²) in [6.07, 6.45) is 1.97. The van der Waals surface area contributed by atoms with E-state index in [1.165, 1.54) is 5.69 Å². The van der Waals surface area contributed by atoms with Gasteiger partial charge in [-0.3, -0.25) is 9.69 Å². The van der Waals surface area contributed by atoms with Crippen molar-refractivity contribution in [2.45, 2.75) is 0 Å². The molecule has 0 unspecified atom stereocenters. The van der Waals surface area contributed by atoms with Crippen molar-refractivity contribution in [3.05, 3.63) is 65.7 Å². The second-order valence-electron chi connectivity index (χ2n) is 6.52. The Morgan fingerprint density at radius 1 is 0.920 bits per heavy atom. The summed E-state index contributed by atoms with van der Waals surface area (Å²) in [6, 6.07) is 18.3. The highest BCUT2D eigenvalue weighted by Gasteiger charge is 2.22. The van der Waals surface area contributed by atoms with E-state index in [4.69, 9.17) is 4.74 Å². The van der Waals surface area contributed by atoms with Crippen molar-refractivity contribution in [3.8, 4) is 5.75 Å². The average Bonchev–Trinajstić information content (AvgIpc) is 2.69. The third kappa shape index (κ3) is 3.59. The number of anilines is 1. The molecule has 4 heteroatoms. The molecule has 0 saturated carbocycles. The SMILES string of the molecule is O=C(CN1CCN(c2ccccc2)CC1)C1=Cc2ccccc2OC1. The average molecular weight is 334 g/mol. The number of carbonyl (C=O) groups is 1. The summed E-state index contributed by atoms with van der Waals surface area (Å²) in [7, 11) is 0. The molecule has 4 nitrogen and oxygen atoms in total. The molecule has 2 aliphatic heterocycles. The van der Waals surface area contributed by atoms with Gasteiger partial charge in [0.25, 0.3) is 0 Å². The Hall–Kier alpha value is -2.59. The Bertz CT molecular complexity index is 777. The molecule has 0 atom stereocenters. The fourth-order valence-electron chi connectivity index (χ4n) is 3.38. The number of fused-ring (bicyclic) bond motifs is 1. The fourth-order valence-corrected chi connectivity index (χ4v) is 3.38. The van der Waals surface area contributed by atoms with Crippen LogP contribution in [0.1, 0.15) is 5.56 Å². The largest absolute Gasteiger partial charge is 0.488 e. The molecule has 0 radical (unpaired) electrons. The van der Waals surface area contributed by atoms with Crippen molar-refractivity contribution in [2.24, 2.45) is 0 Å². The molecule has 128 valence electrons. The van der Waals surface area contributed by atoms with E-state index in [9.17, 15) is 4.79 Å². The minimum Gasteiger partial charge on any atom is -0.488 e. The first-order valence-corrected chi connectivity index (χ1v) is 8.77. The third-order valence-electron chi connectivity index (χ3n) is 4.85. The summed E-state index contributed by atoms with van der Waals surface area (Å²) < 4.78 is 5.71. The van der Waals surface area contributed by atoms with Gasteiger partial charge in [0.2, 0.25) is 0 Å². The Labute approximate surface area is 148 Å². The van der Waals surface area contributed by atoms with Crippen molar-refractivity contribution in [2.75, 3.05) is 44.2 Å². The Balaban J connectivity index is 1.35. The van der Waals surface area contributed by atoms with Crippen LogP contribution >= 0.6 is 0 Å². The molecular formula is C21H22N2O2. The quantitative estimate of drug-likeness (QED) is 0.861. The maximum atomic E-state index is 12.6. The number of Topliss-reactive ketones (excluding diaryl/α,β-unsaturated/α-hetero) is 1. The highest BCUT2D eigenvalue weighted by atomic mass is 16.5. The molecule has 2 heterocycles. The zero-order valence-corrected chi connectivity index (χ0v) is 14.2. The lowest BCUT2D eigenvalue weighted by atomic mass is 10.0. The number of para-hydroxylation sites is 2. The van der Waals surface area contributed by atoms with E-state index in [0.717, 1.165) is 43.1 Å². The predicted octanol–water partition coefficient (Wildman–Crippen LogP) is 2.85. The van der Waals surface area contributed by atoms with E-state index in [1.807, 2.05) is 36.4 Å². The first-order valence-electron chi connectivity index (χ1n) is 8.77. The summed E-state index contributed by atoms with van der Waals surface area (Å²) >= 11 is 0. The molecule has 2 aromatic carbocycles. The van der Waals surface area contributed by atoms with Gasteiger partial charge in [-0.15, -0.1) is 0 Å².